The number of nitrogens with one attached hydrogen (secondary N) is 1. The van der Waals surface area contributed by atoms with Gasteiger partial charge in [0, 0.05) is 17.7 Å². The number of ether oxygens (including phenoxy) is 3. The van der Waals surface area contributed by atoms with Crippen LogP contribution >= 0.6 is 45.1 Å². The molecule has 5 N–H and O–H groups in total. The Morgan fingerprint density at radius 1 is 1.04 bits per heavy atom. The van der Waals surface area contributed by atoms with Gasteiger partial charge in [0.05, 0.1) is 18.8 Å². The van der Waals surface area contributed by atoms with Crippen molar-refractivity contribution in [3.05, 3.63) is 59.8 Å². The number of phosphoric acid groups is 3. The third-order valence-electron chi connectivity index (χ3n) is 6.92. The van der Waals surface area contributed by atoms with E-state index < -0.39 is 59.2 Å². The number of allylic oxidation sites excluding steroid dienone is 8. The molecule has 0 spiro atoms. The van der Waals surface area contributed by atoms with Crippen molar-refractivity contribution in [2.24, 2.45) is 0 Å². The molecule has 1 amide bonds. The summed E-state index contributed by atoms with van der Waals surface area (Å²) in [6.45, 7) is 5.55. The van der Waals surface area contributed by atoms with Crippen LogP contribution in [0.4, 0.5) is 4.79 Å². The minimum absolute atomic E-state index is 0.111. The van der Waals surface area contributed by atoms with Crippen LogP contribution in [0.15, 0.2) is 59.8 Å². The van der Waals surface area contributed by atoms with Crippen LogP contribution in [-0.2, 0) is 41.1 Å². The highest BCUT2D eigenvalue weighted by molar-refractivity contribution is 8.77. The number of rotatable bonds is 16. The predicted molar refractivity (Wildman–Crippen MR) is 183 cm³/mol. The lowest BCUT2D eigenvalue weighted by molar-refractivity contribution is -0.0293. The molecule has 272 valence electrons. The Bertz CT molecular complexity index is 1390. The molecular formula is C28H44NO14P3S2. The van der Waals surface area contributed by atoms with Crippen LogP contribution in [0, 0.1) is 0 Å². The summed E-state index contributed by atoms with van der Waals surface area (Å²) >= 11 is 0. The largest absolute Gasteiger partial charge is 0.490 e. The molecule has 3 aliphatic rings. The van der Waals surface area contributed by atoms with Gasteiger partial charge in [-0.3, -0.25) is 4.52 Å². The molecule has 1 heterocycles. The maximum Gasteiger partial charge on any atom is 0.490 e. The fraction of sp³-hybridized carbons (Fsp3) is 0.607. The summed E-state index contributed by atoms with van der Waals surface area (Å²) in [5.41, 5.74) is 1.76. The van der Waals surface area contributed by atoms with Gasteiger partial charge in [-0.1, -0.05) is 75.8 Å². The van der Waals surface area contributed by atoms with Crippen LogP contribution in [0.5, 0.6) is 0 Å². The van der Waals surface area contributed by atoms with Gasteiger partial charge in [0.2, 0.25) is 0 Å². The van der Waals surface area contributed by atoms with Crippen molar-refractivity contribution in [2.75, 3.05) is 19.1 Å². The highest BCUT2D eigenvalue weighted by atomic mass is 33.1. The molecule has 0 aromatic rings. The number of alkyl carbamates (subject to hydrolysis) is 1. The van der Waals surface area contributed by atoms with Crippen LogP contribution in [0.1, 0.15) is 59.3 Å². The molecule has 1 aliphatic heterocycles. The van der Waals surface area contributed by atoms with E-state index in [9.17, 15) is 28.3 Å². The summed E-state index contributed by atoms with van der Waals surface area (Å²) in [5.74, 6) is 0.164. The first-order valence-corrected chi connectivity index (χ1v) is 21.9. The molecule has 1 fully saturated rings. The van der Waals surface area contributed by atoms with E-state index in [4.69, 9.17) is 28.5 Å². The lowest BCUT2D eigenvalue weighted by Gasteiger charge is -2.25. The van der Waals surface area contributed by atoms with Gasteiger partial charge in [0.25, 0.3) is 0 Å². The van der Waals surface area contributed by atoms with E-state index in [1.54, 1.807) is 0 Å². The fourth-order valence-electron chi connectivity index (χ4n) is 4.77. The van der Waals surface area contributed by atoms with Crippen molar-refractivity contribution in [2.45, 2.75) is 88.5 Å². The average molecular weight is 776 g/mol. The molecular weight excluding hydrogens is 731 g/mol. The van der Waals surface area contributed by atoms with Gasteiger partial charge in [-0.05, 0) is 58.4 Å². The average Bonchev–Trinajstić information content (AvgIpc) is 3.33. The van der Waals surface area contributed by atoms with Gasteiger partial charge < -0.3 is 39.1 Å². The first kappa shape index (κ1) is 41.4. The third kappa shape index (κ3) is 16.3. The molecule has 20 heteroatoms. The zero-order chi connectivity index (χ0) is 35.4. The highest BCUT2D eigenvalue weighted by Gasteiger charge is 2.43. The van der Waals surface area contributed by atoms with Crippen LogP contribution < -0.4 is 5.32 Å². The summed E-state index contributed by atoms with van der Waals surface area (Å²) in [6.07, 6.45) is 17.7. The van der Waals surface area contributed by atoms with Gasteiger partial charge >= 0.3 is 29.6 Å². The number of hydrogen-bond donors (Lipinski definition) is 5. The fourth-order valence-corrected chi connectivity index (χ4v) is 9.98. The van der Waals surface area contributed by atoms with E-state index in [1.807, 2.05) is 57.2 Å². The predicted octanol–water partition coefficient (Wildman–Crippen LogP) is 6.60. The van der Waals surface area contributed by atoms with Gasteiger partial charge in [-0.25, -0.2) is 18.5 Å². The lowest BCUT2D eigenvalue weighted by Crippen LogP contribution is -2.38. The van der Waals surface area contributed by atoms with Crippen LogP contribution in [0.3, 0.4) is 0 Å². The second kappa shape index (κ2) is 19.0. The molecule has 0 aromatic heterocycles. The third-order valence-corrected chi connectivity index (χ3v) is 13.7. The Kier molecular flexibility index (Phi) is 16.4. The Balaban J connectivity index is 1.55. The minimum Gasteiger partial charge on any atom is -0.446 e. The van der Waals surface area contributed by atoms with Crippen molar-refractivity contribution in [3.8, 4) is 0 Å². The molecule has 0 bridgehead atoms. The number of hydrogen-bond acceptors (Lipinski definition) is 12. The normalized spacial score (nSPS) is 28.2. The first-order chi connectivity index (χ1) is 22.4. The Morgan fingerprint density at radius 3 is 2.54 bits per heavy atom. The van der Waals surface area contributed by atoms with E-state index in [2.05, 4.69) is 26.1 Å². The monoisotopic (exact) mass is 775 g/mol. The quantitative estimate of drug-likeness (QED) is 0.0367. The molecule has 15 nitrogen and oxygen atoms in total. The van der Waals surface area contributed by atoms with Crippen LogP contribution in [-0.4, -0.2) is 73.9 Å². The van der Waals surface area contributed by atoms with Gasteiger partial charge in [-0.2, -0.15) is 8.62 Å². The summed E-state index contributed by atoms with van der Waals surface area (Å²) in [7, 11) is -13.7. The number of carbonyl (C=O) groups excluding carboxylic acids is 1. The maximum absolute atomic E-state index is 12.4. The van der Waals surface area contributed by atoms with Crippen molar-refractivity contribution in [1.29, 1.82) is 0 Å². The first-order valence-electron chi connectivity index (χ1n) is 15.1. The summed E-state index contributed by atoms with van der Waals surface area (Å²) in [5, 5.41) is 2.85. The molecule has 48 heavy (non-hydrogen) atoms. The van der Waals surface area contributed by atoms with Crippen molar-refractivity contribution >= 4 is 51.1 Å². The topological polar surface area (TPSA) is 217 Å². The van der Waals surface area contributed by atoms with Crippen LogP contribution in [0.25, 0.3) is 0 Å². The number of carbonyl (C=O) groups is 1. The van der Waals surface area contributed by atoms with E-state index in [0.717, 1.165) is 43.3 Å². The SMILES string of the molecule is CC1=C/C=C\C=C/C([C@H]2CC(OCSSC(C)(C)CNC(=O)OC3CC/C=C/CCC3)[C@@H](COP(=O)(O)OP(=O)(O)OP(=O)(O)O)O2)=C1. The Labute approximate surface area is 288 Å². The molecule has 4 unspecified atom stereocenters. The zero-order valence-electron chi connectivity index (χ0n) is 26.8. The van der Waals surface area contributed by atoms with Gasteiger partial charge in [-0.15, -0.1) is 0 Å². The molecule has 3 rings (SSSR count). The van der Waals surface area contributed by atoms with Crippen molar-refractivity contribution in [3.63, 3.8) is 0 Å². The van der Waals surface area contributed by atoms with E-state index in [1.165, 1.54) is 21.6 Å². The maximum atomic E-state index is 12.4. The van der Waals surface area contributed by atoms with Crippen LogP contribution in [0.2, 0.25) is 0 Å². The standard InChI is InChI=1S/C28H44NO14P3S2/c1-21-12-8-7-9-13-22(16-21)24-17-25(26(41-24)18-39-45(34,35)43-46(36,37)42-44(31,32)33)38-20-47-48-28(2,3)19-29-27(30)40-23-14-10-5-4-6-11-15-23/h4-5,7-9,12-13,16,23-26H,6,10-11,14-15,17-20H2,1-3H3,(H,29,30)(H,34,35)(H,36,37)(H2,31,32,33)/b5-4+,8-7-,9-7?,12-8?,13-9-,21-12?,21-16?,22-13?,22-16?/t23?,24-,25?,26-/m1/s1. The molecule has 2 aliphatic carbocycles. The lowest BCUT2D eigenvalue weighted by atomic mass is 10.0. The van der Waals surface area contributed by atoms with E-state index >= 15 is 0 Å². The number of amides is 1. The summed E-state index contributed by atoms with van der Waals surface area (Å²) in [6, 6.07) is 0. The minimum atomic E-state index is -5.67. The molecule has 1 saturated heterocycles. The number of phosphoric ester groups is 1. The van der Waals surface area contributed by atoms with Gasteiger partial charge in [0.1, 0.15) is 18.1 Å². The second-order valence-electron chi connectivity index (χ2n) is 11.7. The molecule has 0 saturated carbocycles. The van der Waals surface area contributed by atoms with Crippen molar-refractivity contribution in [1.82, 2.24) is 5.32 Å². The van der Waals surface area contributed by atoms with E-state index in [0.29, 0.717) is 13.0 Å². The molecule has 0 aromatic carbocycles. The van der Waals surface area contributed by atoms with E-state index in [-0.39, 0.29) is 12.0 Å². The summed E-state index contributed by atoms with van der Waals surface area (Å²) in [4.78, 5) is 49.4. The highest BCUT2D eigenvalue weighted by Crippen LogP contribution is 2.66. The van der Waals surface area contributed by atoms with Gasteiger partial charge in [0.15, 0.2) is 0 Å². The zero-order valence-corrected chi connectivity index (χ0v) is 31.1. The van der Waals surface area contributed by atoms with Crippen molar-refractivity contribution < 1.29 is 65.4 Å². The Morgan fingerprint density at radius 2 is 1.79 bits per heavy atom. The molecule has 6 atom stereocenters. The summed E-state index contributed by atoms with van der Waals surface area (Å²) < 4.78 is 65.0. The smallest absolute Gasteiger partial charge is 0.446 e. The second-order valence-corrected chi connectivity index (χ2v) is 19.1. The molecule has 0 radical (unpaired) electrons. The Hall–Kier alpha value is -1.00.